The number of carbonyl (C=O) groups is 1. The Hall–Kier alpha value is -1.20. The minimum atomic E-state index is -0.730. The fraction of sp³-hybridized carbons (Fsp3) is 0.550. The van der Waals surface area contributed by atoms with Crippen molar-refractivity contribution < 1.29 is 9.53 Å². The second kappa shape index (κ2) is 8.66. The molecule has 0 aromatic heterocycles. The summed E-state index contributed by atoms with van der Waals surface area (Å²) in [4.78, 5) is 16.9. The van der Waals surface area contributed by atoms with Gasteiger partial charge >= 0.3 is 0 Å². The lowest BCUT2D eigenvalue weighted by molar-refractivity contribution is -0.124. The topological polar surface area (TPSA) is 56.6 Å². The molecule has 1 aromatic carbocycles. The first-order chi connectivity index (χ1) is 13.3. The molecule has 1 heterocycles. The van der Waals surface area contributed by atoms with Crippen LogP contribution in [0.3, 0.4) is 0 Å². The fourth-order valence-corrected chi connectivity index (χ4v) is 5.04. The number of halogens is 2. The van der Waals surface area contributed by atoms with Gasteiger partial charge in [0.15, 0.2) is 5.11 Å². The van der Waals surface area contributed by atoms with E-state index in [2.05, 4.69) is 20.8 Å². The van der Waals surface area contributed by atoms with Crippen molar-refractivity contribution in [2.45, 2.75) is 57.2 Å². The third-order valence-electron chi connectivity index (χ3n) is 5.50. The van der Waals surface area contributed by atoms with E-state index in [4.69, 9.17) is 33.8 Å². The molecule has 0 atom stereocenters. The van der Waals surface area contributed by atoms with Crippen LogP contribution in [-0.4, -0.2) is 45.5 Å². The average Bonchev–Trinajstić information content (AvgIpc) is 2.85. The van der Waals surface area contributed by atoms with Crippen LogP contribution in [-0.2, 0) is 9.53 Å². The Balaban J connectivity index is 1.81. The summed E-state index contributed by atoms with van der Waals surface area (Å²) in [6, 6.07) is 7.22. The maximum Gasteiger partial charge on any atom is 0.258 e. The number of benzene rings is 1. The van der Waals surface area contributed by atoms with E-state index in [-0.39, 0.29) is 18.1 Å². The highest BCUT2D eigenvalue weighted by molar-refractivity contribution is 9.09. The summed E-state index contributed by atoms with van der Waals surface area (Å²) in [7, 11) is 0. The molecular formula is C20H23BrClN3O2S. The molecule has 1 aliphatic heterocycles. The molecule has 1 saturated heterocycles. The number of rotatable bonds is 5. The molecule has 2 aliphatic rings. The van der Waals surface area contributed by atoms with Crippen molar-refractivity contribution >= 4 is 56.5 Å². The zero-order chi connectivity index (χ0) is 20.5. The standard InChI is InChI=1S/C20H23BrClN3O2S/c1-20(2)18(26)24(15-4-3-13(12-23)17(22)11-15)19(28)25(20)14-5-7-16(8-6-14)27-10-9-21/h3-4,11,14,16H,5-10H2,1-2H3/t14-,16-. The maximum atomic E-state index is 13.2. The van der Waals surface area contributed by atoms with E-state index in [1.807, 2.05) is 19.9 Å². The third kappa shape index (κ3) is 3.93. The molecule has 1 amide bonds. The van der Waals surface area contributed by atoms with E-state index >= 15 is 0 Å². The van der Waals surface area contributed by atoms with Crippen LogP contribution in [0.25, 0.3) is 0 Å². The third-order valence-corrected chi connectivity index (χ3v) is 6.51. The molecule has 0 spiro atoms. The lowest BCUT2D eigenvalue weighted by atomic mass is 9.89. The van der Waals surface area contributed by atoms with Crippen LogP contribution in [0.4, 0.5) is 5.69 Å². The van der Waals surface area contributed by atoms with Crippen LogP contribution in [0.15, 0.2) is 18.2 Å². The number of hydrogen-bond acceptors (Lipinski definition) is 4. The van der Waals surface area contributed by atoms with Gasteiger partial charge in [0.05, 0.1) is 29.0 Å². The molecule has 5 nitrogen and oxygen atoms in total. The molecule has 8 heteroatoms. The summed E-state index contributed by atoms with van der Waals surface area (Å²) in [5.41, 5.74) is 0.246. The van der Waals surface area contributed by atoms with E-state index in [1.54, 1.807) is 23.1 Å². The summed E-state index contributed by atoms with van der Waals surface area (Å²) < 4.78 is 5.85. The van der Waals surface area contributed by atoms with Crippen LogP contribution in [0, 0.1) is 11.3 Å². The number of anilines is 1. The average molecular weight is 485 g/mol. The largest absolute Gasteiger partial charge is 0.377 e. The van der Waals surface area contributed by atoms with Gasteiger partial charge in [-0.1, -0.05) is 27.5 Å². The molecule has 1 aliphatic carbocycles. The minimum Gasteiger partial charge on any atom is -0.377 e. The van der Waals surface area contributed by atoms with Gasteiger partial charge in [0, 0.05) is 11.4 Å². The Kier molecular flexibility index (Phi) is 6.65. The highest BCUT2D eigenvalue weighted by Crippen LogP contribution is 2.38. The van der Waals surface area contributed by atoms with Gasteiger partial charge < -0.3 is 9.64 Å². The number of nitriles is 1. The predicted molar refractivity (Wildman–Crippen MR) is 118 cm³/mol. The monoisotopic (exact) mass is 483 g/mol. The maximum absolute atomic E-state index is 13.2. The van der Waals surface area contributed by atoms with Gasteiger partial charge in [-0.15, -0.1) is 0 Å². The molecule has 1 saturated carbocycles. The molecule has 0 N–H and O–H groups in total. The van der Waals surface area contributed by atoms with Gasteiger partial charge in [-0.2, -0.15) is 5.26 Å². The van der Waals surface area contributed by atoms with Gasteiger partial charge in [0.25, 0.3) is 5.91 Å². The number of thiocarbonyl (C=S) groups is 1. The molecule has 2 fully saturated rings. The van der Waals surface area contributed by atoms with Gasteiger partial charge in [-0.05, 0) is 69.9 Å². The van der Waals surface area contributed by atoms with Crippen molar-refractivity contribution in [3.63, 3.8) is 0 Å². The number of carbonyl (C=O) groups excluding carboxylic acids is 1. The van der Waals surface area contributed by atoms with Crippen LogP contribution in [0.5, 0.6) is 0 Å². The highest BCUT2D eigenvalue weighted by atomic mass is 79.9. The Bertz CT molecular complexity index is 818. The van der Waals surface area contributed by atoms with E-state index in [0.29, 0.717) is 28.0 Å². The molecular weight excluding hydrogens is 462 g/mol. The number of amides is 1. The minimum absolute atomic E-state index is 0.0732. The zero-order valence-corrected chi connectivity index (χ0v) is 19.1. The quantitative estimate of drug-likeness (QED) is 0.450. The second-order valence-corrected chi connectivity index (χ2v) is 9.18. The molecule has 3 rings (SSSR count). The lowest BCUT2D eigenvalue weighted by Gasteiger charge is -2.40. The summed E-state index contributed by atoms with van der Waals surface area (Å²) in [5, 5.41) is 10.7. The molecule has 28 heavy (non-hydrogen) atoms. The van der Waals surface area contributed by atoms with Gasteiger partial charge in [0.2, 0.25) is 0 Å². The van der Waals surface area contributed by atoms with Crippen molar-refractivity contribution in [2.75, 3.05) is 16.8 Å². The molecule has 0 radical (unpaired) electrons. The van der Waals surface area contributed by atoms with Crippen molar-refractivity contribution in [3.8, 4) is 6.07 Å². The van der Waals surface area contributed by atoms with Crippen molar-refractivity contribution in [2.24, 2.45) is 0 Å². The first kappa shape index (κ1) is 21.5. The molecule has 150 valence electrons. The van der Waals surface area contributed by atoms with E-state index in [0.717, 1.165) is 31.0 Å². The smallest absolute Gasteiger partial charge is 0.258 e. The van der Waals surface area contributed by atoms with Crippen LogP contribution < -0.4 is 4.90 Å². The number of alkyl halides is 1. The molecule has 0 bridgehead atoms. The van der Waals surface area contributed by atoms with Crippen molar-refractivity contribution in [1.29, 1.82) is 5.26 Å². The first-order valence-electron chi connectivity index (χ1n) is 9.36. The van der Waals surface area contributed by atoms with Crippen molar-refractivity contribution in [1.82, 2.24) is 4.90 Å². The van der Waals surface area contributed by atoms with Gasteiger partial charge in [-0.25, -0.2) is 0 Å². The van der Waals surface area contributed by atoms with E-state index < -0.39 is 5.54 Å². The summed E-state index contributed by atoms with van der Waals surface area (Å²) in [6.07, 6.45) is 4.07. The summed E-state index contributed by atoms with van der Waals surface area (Å²) in [5.74, 6) is -0.0732. The Morgan fingerprint density at radius 1 is 1.36 bits per heavy atom. The van der Waals surface area contributed by atoms with Crippen molar-refractivity contribution in [3.05, 3.63) is 28.8 Å². The summed E-state index contributed by atoms with van der Waals surface area (Å²) >= 11 is 15.3. The van der Waals surface area contributed by atoms with Crippen LogP contribution in [0.1, 0.15) is 45.1 Å². The Morgan fingerprint density at radius 2 is 2.04 bits per heavy atom. The predicted octanol–water partition coefficient (Wildman–Crippen LogP) is 4.65. The SMILES string of the molecule is CC1(C)C(=O)N(c2ccc(C#N)c(Cl)c2)C(=S)N1[C@H]1CC[C@H](OCCBr)CC1. The van der Waals surface area contributed by atoms with Gasteiger partial charge in [-0.3, -0.25) is 9.69 Å². The second-order valence-electron chi connectivity index (χ2n) is 7.62. The molecule has 1 aromatic rings. The first-order valence-corrected chi connectivity index (χ1v) is 11.3. The summed E-state index contributed by atoms with van der Waals surface area (Å²) in [6.45, 7) is 4.55. The number of ether oxygens (including phenoxy) is 1. The zero-order valence-electron chi connectivity index (χ0n) is 16.0. The highest BCUT2D eigenvalue weighted by Gasteiger charge is 2.52. The Labute approximate surface area is 184 Å². The molecule has 0 unspecified atom stereocenters. The van der Waals surface area contributed by atoms with Crippen LogP contribution in [0.2, 0.25) is 5.02 Å². The lowest BCUT2D eigenvalue weighted by Crippen LogP contribution is -2.51. The van der Waals surface area contributed by atoms with Gasteiger partial charge in [0.1, 0.15) is 11.6 Å². The Morgan fingerprint density at radius 3 is 2.61 bits per heavy atom. The number of hydrogen-bond donors (Lipinski definition) is 0. The number of nitrogens with zero attached hydrogens (tertiary/aromatic N) is 3. The van der Waals surface area contributed by atoms with E-state index in [1.165, 1.54) is 0 Å². The normalized spacial score (nSPS) is 24.5. The fourth-order valence-electron chi connectivity index (χ4n) is 4.07. The van der Waals surface area contributed by atoms with E-state index in [9.17, 15) is 4.79 Å². The van der Waals surface area contributed by atoms with Crippen LogP contribution >= 0.6 is 39.7 Å².